The molecule has 2 amide bonds. The number of thiazole rings is 1. The molecule has 3 aromatic heterocycles. The number of hydrogen-bond acceptors (Lipinski definition) is 10. The van der Waals surface area contributed by atoms with Gasteiger partial charge >= 0.3 is 0 Å². The summed E-state index contributed by atoms with van der Waals surface area (Å²) in [5, 5.41) is 6.98. The number of hydrogen-bond donors (Lipinski definition) is 2. The molecule has 0 unspecified atom stereocenters. The number of benzene rings is 1. The number of nitrogens with one attached hydrogen (secondary N) is 2. The van der Waals surface area contributed by atoms with E-state index in [1.165, 1.54) is 23.6 Å². The van der Waals surface area contributed by atoms with Gasteiger partial charge in [-0.3, -0.25) is 9.59 Å². The van der Waals surface area contributed by atoms with E-state index in [1.54, 1.807) is 25.4 Å². The Kier molecular flexibility index (Phi) is 8.11. The Morgan fingerprint density at radius 3 is 2.82 bits per heavy atom. The van der Waals surface area contributed by atoms with E-state index in [4.69, 9.17) is 31.0 Å². The van der Waals surface area contributed by atoms with Crippen molar-refractivity contribution in [1.82, 2.24) is 19.9 Å². The SMILES string of the molecule is C=CC(=O)N1C[C@@H]2COc3cc(-c4ccc(OC)c(Nc5ncc(C(=O)Nc6c(C)cccc6Cl)s5)n4)cnc3N2C[C@H]1C. The van der Waals surface area contributed by atoms with Crippen LogP contribution in [-0.2, 0) is 4.79 Å². The first kappa shape index (κ1) is 29.4. The van der Waals surface area contributed by atoms with Crippen LogP contribution in [0.3, 0.4) is 0 Å². The Labute approximate surface area is 263 Å². The van der Waals surface area contributed by atoms with E-state index < -0.39 is 0 Å². The molecule has 0 bridgehead atoms. The molecule has 6 rings (SSSR count). The van der Waals surface area contributed by atoms with Crippen LogP contribution < -0.4 is 25.0 Å². The summed E-state index contributed by atoms with van der Waals surface area (Å²) in [6.07, 6.45) is 4.61. The second kappa shape index (κ2) is 12.1. The molecule has 2 N–H and O–H groups in total. The molecule has 226 valence electrons. The molecule has 1 fully saturated rings. The molecule has 0 spiro atoms. The molecule has 5 heterocycles. The lowest BCUT2D eigenvalue weighted by molar-refractivity contribution is -0.129. The van der Waals surface area contributed by atoms with E-state index in [9.17, 15) is 9.59 Å². The van der Waals surface area contributed by atoms with E-state index in [1.807, 2.05) is 43.0 Å². The summed E-state index contributed by atoms with van der Waals surface area (Å²) in [7, 11) is 1.56. The van der Waals surface area contributed by atoms with E-state index in [-0.39, 0.29) is 23.9 Å². The fourth-order valence-corrected chi connectivity index (χ4v) is 6.29. The largest absolute Gasteiger partial charge is 0.493 e. The summed E-state index contributed by atoms with van der Waals surface area (Å²) in [4.78, 5) is 43.6. The van der Waals surface area contributed by atoms with Gasteiger partial charge in [0.2, 0.25) is 5.91 Å². The molecule has 11 nitrogen and oxygen atoms in total. The number of piperazine rings is 1. The van der Waals surface area contributed by atoms with Gasteiger partial charge in [0.05, 0.1) is 35.8 Å². The van der Waals surface area contributed by atoms with Gasteiger partial charge in [0.15, 0.2) is 28.3 Å². The van der Waals surface area contributed by atoms with Crippen LogP contribution in [0.25, 0.3) is 11.3 Å². The molecule has 2 aliphatic rings. The molecular weight excluding hydrogens is 602 g/mol. The lowest BCUT2D eigenvalue weighted by atomic mass is 10.1. The first-order chi connectivity index (χ1) is 21.2. The number of amides is 2. The molecule has 1 aromatic carbocycles. The second-order valence-corrected chi connectivity index (χ2v) is 11.9. The number of anilines is 4. The molecule has 0 radical (unpaired) electrons. The summed E-state index contributed by atoms with van der Waals surface area (Å²) in [5.74, 6) is 1.95. The zero-order chi connectivity index (χ0) is 31.0. The number of nitrogens with zero attached hydrogens (tertiary/aromatic N) is 5. The molecule has 4 aromatic rings. The zero-order valence-corrected chi connectivity index (χ0v) is 25.9. The second-order valence-electron chi connectivity index (χ2n) is 10.5. The van der Waals surface area contributed by atoms with Crippen LogP contribution in [0.15, 0.2) is 61.4 Å². The standard InChI is InChI=1S/C31H30ClN7O4S/c1-5-26(40)38-15-20-16-43-24-11-19(12-33-29(24)39(20)14-18(38)3)22-9-10-23(42-4)28(35-22)37-31-34-13-25(44-31)30(41)36-27-17(2)7-6-8-21(27)32/h5-13,18,20H,1,14-16H2,2-4H3,(H,36,41)(H,34,35,37)/t18-,20-/m1/s1. The predicted octanol–water partition coefficient (Wildman–Crippen LogP) is 5.55. The van der Waals surface area contributed by atoms with Crippen molar-refractivity contribution < 1.29 is 19.1 Å². The van der Waals surface area contributed by atoms with Gasteiger partial charge in [-0.2, -0.15) is 0 Å². The molecule has 0 saturated carbocycles. The highest BCUT2D eigenvalue weighted by molar-refractivity contribution is 7.17. The highest BCUT2D eigenvalue weighted by atomic mass is 35.5. The number of aryl methyl sites for hydroxylation is 1. The Bertz CT molecular complexity index is 1740. The third kappa shape index (κ3) is 5.65. The fourth-order valence-electron chi connectivity index (χ4n) is 5.31. The lowest BCUT2D eigenvalue weighted by Gasteiger charge is -2.47. The first-order valence-corrected chi connectivity index (χ1v) is 15.1. The maximum atomic E-state index is 12.9. The molecule has 2 aliphatic heterocycles. The minimum absolute atomic E-state index is 0.00911. The number of aromatic nitrogens is 3. The van der Waals surface area contributed by atoms with E-state index >= 15 is 0 Å². The number of rotatable bonds is 7. The third-order valence-electron chi connectivity index (χ3n) is 7.62. The average molecular weight is 632 g/mol. The predicted molar refractivity (Wildman–Crippen MR) is 172 cm³/mol. The summed E-state index contributed by atoms with van der Waals surface area (Å²) < 4.78 is 11.7. The molecule has 2 atom stereocenters. The van der Waals surface area contributed by atoms with Crippen molar-refractivity contribution in [1.29, 1.82) is 0 Å². The summed E-state index contributed by atoms with van der Waals surface area (Å²) >= 11 is 7.46. The number of carbonyl (C=O) groups is 2. The van der Waals surface area contributed by atoms with Crippen molar-refractivity contribution in [3.05, 3.63) is 76.9 Å². The summed E-state index contributed by atoms with van der Waals surface area (Å²) in [6, 6.07) is 11.0. The maximum Gasteiger partial charge on any atom is 0.267 e. The number of methoxy groups -OCH3 is 1. The number of carbonyl (C=O) groups excluding carboxylic acids is 2. The van der Waals surface area contributed by atoms with Crippen LogP contribution in [0.5, 0.6) is 11.5 Å². The summed E-state index contributed by atoms with van der Waals surface area (Å²) in [5.41, 5.74) is 2.83. The van der Waals surface area contributed by atoms with Gasteiger partial charge in [-0.05, 0) is 49.8 Å². The van der Waals surface area contributed by atoms with Crippen LogP contribution in [0, 0.1) is 6.92 Å². The van der Waals surface area contributed by atoms with Crippen molar-refractivity contribution in [3.8, 4) is 22.8 Å². The van der Waals surface area contributed by atoms with Gasteiger partial charge in [-0.25, -0.2) is 15.0 Å². The normalized spacial score (nSPS) is 17.2. The van der Waals surface area contributed by atoms with Crippen LogP contribution in [0.2, 0.25) is 5.02 Å². The lowest BCUT2D eigenvalue weighted by Crippen LogP contribution is -2.62. The number of para-hydroxylation sites is 1. The van der Waals surface area contributed by atoms with Crippen molar-refractivity contribution in [2.75, 3.05) is 42.3 Å². The van der Waals surface area contributed by atoms with Crippen LogP contribution in [-0.4, -0.2) is 70.6 Å². The highest BCUT2D eigenvalue weighted by Gasteiger charge is 2.38. The van der Waals surface area contributed by atoms with Gasteiger partial charge in [0.25, 0.3) is 5.91 Å². The average Bonchev–Trinajstić information content (AvgIpc) is 3.50. The Morgan fingerprint density at radius 2 is 2.05 bits per heavy atom. The number of halogens is 1. The van der Waals surface area contributed by atoms with Crippen LogP contribution in [0.4, 0.5) is 22.5 Å². The Balaban J connectivity index is 1.20. The minimum atomic E-state index is -0.314. The highest BCUT2D eigenvalue weighted by Crippen LogP contribution is 2.38. The molecule has 13 heteroatoms. The zero-order valence-electron chi connectivity index (χ0n) is 24.3. The molecule has 0 aliphatic carbocycles. The van der Waals surface area contributed by atoms with E-state index in [0.29, 0.717) is 63.4 Å². The van der Waals surface area contributed by atoms with Crippen molar-refractivity contribution in [2.45, 2.75) is 25.9 Å². The van der Waals surface area contributed by atoms with Crippen molar-refractivity contribution in [2.24, 2.45) is 0 Å². The molecule has 1 saturated heterocycles. The van der Waals surface area contributed by atoms with Gasteiger partial charge in [-0.15, -0.1) is 0 Å². The summed E-state index contributed by atoms with van der Waals surface area (Å²) in [6.45, 7) is 9.15. The molecule has 44 heavy (non-hydrogen) atoms. The van der Waals surface area contributed by atoms with Gasteiger partial charge < -0.3 is 29.9 Å². The van der Waals surface area contributed by atoms with Gasteiger partial charge in [-0.1, -0.05) is 41.6 Å². The Morgan fingerprint density at radius 1 is 1.20 bits per heavy atom. The number of fused-ring (bicyclic) bond motifs is 3. The fraction of sp³-hybridized carbons (Fsp3) is 0.258. The van der Waals surface area contributed by atoms with Crippen molar-refractivity contribution >= 4 is 57.2 Å². The smallest absolute Gasteiger partial charge is 0.267 e. The topological polar surface area (TPSA) is 122 Å². The Hall–Kier alpha value is -4.68. The molecular formula is C31H30ClN7O4S. The van der Waals surface area contributed by atoms with E-state index in [2.05, 4.69) is 27.1 Å². The van der Waals surface area contributed by atoms with Crippen LogP contribution in [0.1, 0.15) is 22.2 Å². The first-order valence-electron chi connectivity index (χ1n) is 13.9. The third-order valence-corrected chi connectivity index (χ3v) is 8.85. The monoisotopic (exact) mass is 631 g/mol. The van der Waals surface area contributed by atoms with Crippen molar-refractivity contribution in [3.63, 3.8) is 0 Å². The van der Waals surface area contributed by atoms with Gasteiger partial charge in [0.1, 0.15) is 11.5 Å². The quantitative estimate of drug-likeness (QED) is 0.253. The van der Waals surface area contributed by atoms with Gasteiger partial charge in [0, 0.05) is 30.9 Å². The number of ether oxygens (including phenoxy) is 2. The minimum Gasteiger partial charge on any atom is -0.493 e. The maximum absolute atomic E-state index is 12.9. The van der Waals surface area contributed by atoms with Crippen LogP contribution >= 0.6 is 22.9 Å². The number of pyridine rings is 2. The van der Waals surface area contributed by atoms with E-state index in [0.717, 1.165) is 16.9 Å².